The molecule has 4 rings (SSSR count). The van der Waals surface area contributed by atoms with Crippen molar-refractivity contribution >= 4 is 28.5 Å². The molecule has 0 N–H and O–H groups in total. The number of nitrogens with zero attached hydrogens (tertiary/aromatic N) is 2. The zero-order valence-corrected chi connectivity index (χ0v) is 16.0. The minimum absolute atomic E-state index is 0.312. The van der Waals surface area contributed by atoms with Gasteiger partial charge in [0.05, 0.1) is 0 Å². The molecule has 25 heavy (non-hydrogen) atoms. The van der Waals surface area contributed by atoms with Crippen LogP contribution in [0.3, 0.4) is 0 Å². The van der Waals surface area contributed by atoms with E-state index in [0.717, 1.165) is 61.1 Å². The monoisotopic (exact) mass is 374 g/mol. The van der Waals surface area contributed by atoms with Crippen LogP contribution in [-0.4, -0.2) is 48.3 Å². The lowest BCUT2D eigenvalue weighted by Crippen LogP contribution is -2.29. The van der Waals surface area contributed by atoms with Gasteiger partial charge in [0.1, 0.15) is 4.99 Å². The van der Waals surface area contributed by atoms with Crippen LogP contribution in [0.1, 0.15) is 22.4 Å². The van der Waals surface area contributed by atoms with Gasteiger partial charge in [-0.2, -0.15) is 0 Å². The van der Waals surface area contributed by atoms with E-state index in [9.17, 15) is 0 Å². The molecule has 2 aromatic rings. The van der Waals surface area contributed by atoms with E-state index in [1.165, 1.54) is 10.4 Å². The number of thiocarbonyl (C=S) groups is 1. The molecule has 0 bridgehead atoms. The molecular weight excluding hydrogens is 352 g/mol. The second-order valence-electron chi connectivity index (χ2n) is 6.58. The number of fused-ring (bicyclic) bond motifs is 2. The Hall–Kier alpha value is -1.63. The van der Waals surface area contributed by atoms with E-state index in [1.54, 1.807) is 0 Å². The molecule has 0 aliphatic carbocycles. The average molecular weight is 375 g/mol. The molecule has 0 radical (unpaired) electrons. The van der Waals surface area contributed by atoms with Gasteiger partial charge in [-0.15, -0.1) is 11.3 Å². The highest BCUT2D eigenvalue weighted by Gasteiger charge is 2.27. The van der Waals surface area contributed by atoms with Crippen molar-refractivity contribution in [3.8, 4) is 11.5 Å². The summed E-state index contributed by atoms with van der Waals surface area (Å²) in [5.41, 5.74) is 2.38. The summed E-state index contributed by atoms with van der Waals surface area (Å²) < 4.78 is 10.9. The zero-order chi connectivity index (χ0) is 17.2. The van der Waals surface area contributed by atoms with E-state index in [2.05, 4.69) is 40.4 Å². The fourth-order valence-corrected chi connectivity index (χ4v) is 4.39. The van der Waals surface area contributed by atoms with Gasteiger partial charge in [0.15, 0.2) is 11.5 Å². The van der Waals surface area contributed by atoms with Gasteiger partial charge in [0.2, 0.25) is 6.79 Å². The summed E-state index contributed by atoms with van der Waals surface area (Å²) in [4.78, 5) is 7.10. The number of benzene rings is 1. The molecule has 0 saturated heterocycles. The van der Waals surface area contributed by atoms with Gasteiger partial charge in [-0.1, -0.05) is 18.3 Å². The molecule has 0 saturated carbocycles. The summed E-state index contributed by atoms with van der Waals surface area (Å²) in [5.74, 6) is 1.66. The van der Waals surface area contributed by atoms with Crippen LogP contribution in [0.25, 0.3) is 0 Å². The normalized spacial score (nSPS) is 15.3. The van der Waals surface area contributed by atoms with Gasteiger partial charge in [-0.3, -0.25) is 0 Å². The molecule has 3 heterocycles. The van der Waals surface area contributed by atoms with Gasteiger partial charge < -0.3 is 19.3 Å². The van der Waals surface area contributed by atoms with Crippen molar-refractivity contribution in [3.63, 3.8) is 0 Å². The highest BCUT2D eigenvalue weighted by Crippen LogP contribution is 2.38. The van der Waals surface area contributed by atoms with Gasteiger partial charge in [0.25, 0.3) is 0 Å². The molecule has 0 spiro atoms. The van der Waals surface area contributed by atoms with Gasteiger partial charge in [0, 0.05) is 30.1 Å². The quantitative estimate of drug-likeness (QED) is 0.691. The molecule has 2 aliphatic rings. The Morgan fingerprint density at radius 2 is 2.08 bits per heavy atom. The summed E-state index contributed by atoms with van der Waals surface area (Å²) >= 11 is 7.51. The third-order valence-corrected chi connectivity index (χ3v) is 6.18. The minimum atomic E-state index is 0.312. The van der Waals surface area contributed by atoms with Crippen LogP contribution in [0.5, 0.6) is 11.5 Å². The number of hydrogen-bond acceptors (Lipinski definition) is 5. The Morgan fingerprint density at radius 1 is 1.24 bits per heavy atom. The summed E-state index contributed by atoms with van der Waals surface area (Å²) in [5, 5.41) is 2.15. The first-order chi connectivity index (χ1) is 12.2. The first-order valence-corrected chi connectivity index (χ1v) is 9.92. The molecule has 0 unspecified atom stereocenters. The van der Waals surface area contributed by atoms with Crippen molar-refractivity contribution in [2.45, 2.75) is 19.4 Å². The number of hydrogen-bond donors (Lipinski definition) is 0. The molecule has 6 heteroatoms. The molecule has 1 aromatic heterocycles. The Labute approximate surface area is 158 Å². The van der Waals surface area contributed by atoms with E-state index in [4.69, 9.17) is 21.7 Å². The van der Waals surface area contributed by atoms with Crippen molar-refractivity contribution in [2.75, 3.05) is 33.5 Å². The fourth-order valence-electron chi connectivity index (χ4n) is 3.34. The van der Waals surface area contributed by atoms with Crippen molar-refractivity contribution < 1.29 is 9.47 Å². The predicted molar refractivity (Wildman–Crippen MR) is 105 cm³/mol. The molecule has 4 nitrogen and oxygen atoms in total. The van der Waals surface area contributed by atoms with Gasteiger partial charge >= 0.3 is 0 Å². The molecule has 132 valence electrons. The molecule has 0 fully saturated rings. The standard InChI is InChI=1S/C19H22N2O2S2/c1-20(8-5-15-4-2-9-25-15)6-3-7-21-12-14-10-17-18(23-13-22-17)11-16(14)19(21)24/h2,4,9-11H,3,5-8,12-13H2,1H3. The van der Waals surface area contributed by atoms with Crippen LogP contribution >= 0.6 is 23.6 Å². The number of thiophene rings is 1. The smallest absolute Gasteiger partial charge is 0.231 e. The number of rotatable bonds is 7. The summed E-state index contributed by atoms with van der Waals surface area (Å²) in [7, 11) is 2.20. The Balaban J connectivity index is 1.26. The maximum absolute atomic E-state index is 5.67. The van der Waals surface area contributed by atoms with Gasteiger partial charge in [-0.05, 0) is 55.6 Å². The van der Waals surface area contributed by atoms with Crippen molar-refractivity contribution in [2.24, 2.45) is 0 Å². The lowest BCUT2D eigenvalue weighted by atomic mass is 10.1. The van der Waals surface area contributed by atoms with Crippen LogP contribution in [-0.2, 0) is 13.0 Å². The van der Waals surface area contributed by atoms with Crippen LogP contribution < -0.4 is 9.47 Å². The minimum Gasteiger partial charge on any atom is -0.454 e. The highest BCUT2D eigenvalue weighted by molar-refractivity contribution is 7.80. The molecule has 1 aromatic carbocycles. The largest absolute Gasteiger partial charge is 0.454 e. The fraction of sp³-hybridized carbons (Fsp3) is 0.421. The number of likely N-dealkylation sites (N-methyl/N-ethyl adjacent to an activating group) is 1. The summed E-state index contributed by atoms with van der Waals surface area (Å²) in [6.07, 6.45) is 2.25. The molecule has 0 amide bonds. The first-order valence-electron chi connectivity index (χ1n) is 8.63. The van der Waals surface area contributed by atoms with Crippen molar-refractivity contribution in [1.82, 2.24) is 9.80 Å². The first kappa shape index (κ1) is 16.8. The SMILES string of the molecule is CN(CCCN1Cc2cc3c(cc2C1=S)OCO3)CCc1cccs1. The van der Waals surface area contributed by atoms with E-state index in [1.807, 2.05) is 17.4 Å². The van der Waals surface area contributed by atoms with Crippen LogP contribution in [0, 0.1) is 0 Å². The highest BCUT2D eigenvalue weighted by atomic mass is 32.1. The lowest BCUT2D eigenvalue weighted by molar-refractivity contribution is 0.174. The summed E-state index contributed by atoms with van der Waals surface area (Å²) in [6, 6.07) is 8.45. The number of ether oxygens (including phenoxy) is 2. The topological polar surface area (TPSA) is 24.9 Å². The van der Waals surface area contributed by atoms with Crippen LogP contribution in [0.15, 0.2) is 29.6 Å². The van der Waals surface area contributed by atoms with Crippen LogP contribution in [0.4, 0.5) is 0 Å². The maximum atomic E-state index is 5.67. The van der Waals surface area contributed by atoms with E-state index in [0.29, 0.717) is 6.79 Å². The third kappa shape index (κ3) is 3.66. The Kier molecular flexibility index (Phi) is 4.92. The lowest BCUT2D eigenvalue weighted by Gasteiger charge is -2.21. The van der Waals surface area contributed by atoms with E-state index in [-0.39, 0.29) is 0 Å². The van der Waals surface area contributed by atoms with E-state index < -0.39 is 0 Å². The second kappa shape index (κ2) is 7.32. The molecule has 0 atom stereocenters. The van der Waals surface area contributed by atoms with Crippen LogP contribution in [0.2, 0.25) is 0 Å². The Bertz CT molecular complexity index is 761. The predicted octanol–water partition coefficient (Wildman–Crippen LogP) is 3.53. The molecule has 2 aliphatic heterocycles. The van der Waals surface area contributed by atoms with Gasteiger partial charge in [-0.25, -0.2) is 0 Å². The molecular formula is C19H22N2O2S2. The summed E-state index contributed by atoms with van der Waals surface area (Å²) in [6.45, 7) is 4.37. The van der Waals surface area contributed by atoms with Crippen molar-refractivity contribution in [3.05, 3.63) is 45.6 Å². The zero-order valence-electron chi connectivity index (χ0n) is 14.4. The van der Waals surface area contributed by atoms with E-state index >= 15 is 0 Å². The Morgan fingerprint density at radius 3 is 2.88 bits per heavy atom. The maximum Gasteiger partial charge on any atom is 0.231 e. The van der Waals surface area contributed by atoms with Crippen molar-refractivity contribution in [1.29, 1.82) is 0 Å². The second-order valence-corrected chi connectivity index (χ2v) is 7.99. The third-order valence-electron chi connectivity index (χ3n) is 4.77. The average Bonchev–Trinajstić information content (AvgIpc) is 3.33.